The van der Waals surface area contributed by atoms with Crippen LogP contribution in [0.2, 0.25) is 0 Å². The average molecular weight is 466 g/mol. The smallest absolute Gasteiger partial charge is 0.109 e. The molecule has 0 radical (unpaired) electrons. The van der Waals surface area contributed by atoms with Gasteiger partial charge in [-0.1, -0.05) is 82.8 Å². The number of thiophene rings is 1. The molecule has 0 saturated carbocycles. The molecule has 4 heteroatoms. The maximum absolute atomic E-state index is 4.92. The number of nitrogens with zero attached hydrogens (tertiary/aromatic N) is 1. The Bertz CT molecular complexity index is 1550. The van der Waals surface area contributed by atoms with Crippen molar-refractivity contribution in [3.05, 3.63) is 84.3 Å². The number of imidazole rings is 1. The second kappa shape index (κ2) is 8.77. The molecule has 0 saturated heterocycles. The molecule has 5 rings (SSSR count). The Morgan fingerprint density at radius 1 is 0.971 bits per heavy atom. The minimum absolute atomic E-state index is 0.383. The molecular formula is C30H31N3S. The van der Waals surface area contributed by atoms with Crippen LogP contribution in [0.3, 0.4) is 0 Å². The Morgan fingerprint density at radius 2 is 1.68 bits per heavy atom. The first-order valence-electron chi connectivity index (χ1n) is 11.9. The minimum Gasteiger partial charge on any atom is -0.359 e. The Morgan fingerprint density at radius 3 is 2.35 bits per heavy atom. The number of aromatic nitrogens is 2. The number of fused-ring (bicyclic) bond motifs is 5. The van der Waals surface area contributed by atoms with Crippen molar-refractivity contribution in [1.29, 1.82) is 0 Å². The number of aromatic amines is 1. The van der Waals surface area contributed by atoms with Gasteiger partial charge in [0.05, 0.1) is 10.2 Å². The van der Waals surface area contributed by atoms with Crippen molar-refractivity contribution < 1.29 is 0 Å². The van der Waals surface area contributed by atoms with Gasteiger partial charge in [0.1, 0.15) is 11.3 Å². The molecule has 2 N–H and O–H groups in total. The predicted octanol–water partition coefficient (Wildman–Crippen LogP) is 8.84. The lowest BCUT2D eigenvalue weighted by Crippen LogP contribution is -2.14. The highest BCUT2D eigenvalue weighted by Gasteiger charge is 2.14. The second-order valence-corrected chi connectivity index (χ2v) is 10.6. The van der Waals surface area contributed by atoms with Crippen molar-refractivity contribution in [2.24, 2.45) is 5.92 Å². The summed E-state index contributed by atoms with van der Waals surface area (Å²) in [5.74, 6) is 1.82. The summed E-state index contributed by atoms with van der Waals surface area (Å²) in [5.41, 5.74) is 7.93. The van der Waals surface area contributed by atoms with E-state index >= 15 is 0 Å². The van der Waals surface area contributed by atoms with E-state index in [0.29, 0.717) is 11.8 Å². The zero-order valence-electron chi connectivity index (χ0n) is 20.5. The van der Waals surface area contributed by atoms with Crippen molar-refractivity contribution >= 4 is 48.2 Å². The van der Waals surface area contributed by atoms with E-state index in [1.165, 1.54) is 31.3 Å². The van der Waals surface area contributed by atoms with Gasteiger partial charge in [-0.2, -0.15) is 0 Å². The normalized spacial score (nSPS) is 12.5. The van der Waals surface area contributed by atoms with Gasteiger partial charge in [-0.3, -0.25) is 0 Å². The van der Waals surface area contributed by atoms with Gasteiger partial charge in [-0.05, 0) is 41.7 Å². The molecule has 0 atom stereocenters. The second-order valence-electron chi connectivity index (χ2n) is 9.51. The fraction of sp³-hybridized carbons (Fsp3) is 0.233. The van der Waals surface area contributed by atoms with E-state index in [0.717, 1.165) is 33.8 Å². The van der Waals surface area contributed by atoms with Crippen molar-refractivity contribution in [2.75, 3.05) is 0 Å². The van der Waals surface area contributed by atoms with Crippen LogP contribution in [-0.4, -0.2) is 9.97 Å². The molecule has 0 aliphatic heterocycles. The van der Waals surface area contributed by atoms with E-state index < -0.39 is 0 Å². The largest absolute Gasteiger partial charge is 0.359 e. The lowest BCUT2D eigenvalue weighted by Gasteiger charge is -2.16. The zero-order chi connectivity index (χ0) is 24.0. The van der Waals surface area contributed by atoms with Gasteiger partial charge in [-0.25, -0.2) is 4.98 Å². The van der Waals surface area contributed by atoms with Gasteiger partial charge >= 0.3 is 0 Å². The molecule has 0 unspecified atom stereocenters. The lowest BCUT2D eigenvalue weighted by atomic mass is 10.0. The van der Waals surface area contributed by atoms with E-state index in [1.807, 2.05) is 11.3 Å². The first-order chi connectivity index (χ1) is 16.4. The van der Waals surface area contributed by atoms with Gasteiger partial charge in [0.15, 0.2) is 0 Å². The Labute approximate surface area is 205 Å². The van der Waals surface area contributed by atoms with E-state index in [9.17, 15) is 0 Å². The first-order valence-corrected chi connectivity index (χ1v) is 12.7. The number of hydrogen-bond donors (Lipinski definition) is 2. The molecule has 2 heterocycles. The molecule has 2 aromatic heterocycles. The predicted molar refractivity (Wildman–Crippen MR) is 149 cm³/mol. The molecule has 0 aliphatic carbocycles. The molecular weight excluding hydrogens is 434 g/mol. The van der Waals surface area contributed by atoms with E-state index in [2.05, 4.69) is 112 Å². The highest BCUT2D eigenvalue weighted by Crippen LogP contribution is 2.39. The summed E-state index contributed by atoms with van der Waals surface area (Å²) in [7, 11) is 0. The summed E-state index contributed by atoms with van der Waals surface area (Å²) in [4.78, 5) is 8.41. The van der Waals surface area contributed by atoms with Crippen LogP contribution in [0.5, 0.6) is 0 Å². The fourth-order valence-corrected chi connectivity index (χ4v) is 5.48. The summed E-state index contributed by atoms with van der Waals surface area (Å²) >= 11 is 1.83. The molecule has 0 aliphatic rings. The third-order valence-corrected chi connectivity index (χ3v) is 7.64. The van der Waals surface area contributed by atoms with Crippen LogP contribution >= 0.6 is 11.3 Å². The molecule has 34 heavy (non-hydrogen) atoms. The SMILES string of the molecule is C=C(N/C(=C\C)c1ccc(-c2ccc3c(c2)sc2c3ccc3[nH]c(C(C)C)nc32)cc1)C(C)C. The third kappa shape index (κ3) is 3.92. The van der Waals surface area contributed by atoms with Crippen LogP contribution in [0.4, 0.5) is 0 Å². The number of hydrogen-bond acceptors (Lipinski definition) is 3. The van der Waals surface area contributed by atoms with Gasteiger partial charge in [0.2, 0.25) is 0 Å². The number of allylic oxidation sites excluding steroid dienone is 2. The van der Waals surface area contributed by atoms with Gasteiger partial charge < -0.3 is 10.3 Å². The summed E-state index contributed by atoms with van der Waals surface area (Å²) in [6.45, 7) is 14.9. The Kier molecular flexibility index (Phi) is 5.78. The van der Waals surface area contributed by atoms with Crippen LogP contribution < -0.4 is 5.32 Å². The monoisotopic (exact) mass is 465 g/mol. The van der Waals surface area contributed by atoms with Crippen LogP contribution in [0, 0.1) is 5.92 Å². The maximum atomic E-state index is 4.92. The maximum Gasteiger partial charge on any atom is 0.109 e. The number of nitrogens with one attached hydrogen (secondary N) is 2. The third-order valence-electron chi connectivity index (χ3n) is 6.47. The highest BCUT2D eigenvalue weighted by molar-refractivity contribution is 7.26. The summed E-state index contributed by atoms with van der Waals surface area (Å²) in [6, 6.07) is 20.0. The van der Waals surface area contributed by atoms with Crippen LogP contribution in [-0.2, 0) is 0 Å². The van der Waals surface area contributed by atoms with Crippen molar-refractivity contribution in [2.45, 2.75) is 40.5 Å². The minimum atomic E-state index is 0.383. The van der Waals surface area contributed by atoms with Crippen LogP contribution in [0.15, 0.2) is 72.9 Å². The molecule has 0 amide bonds. The zero-order valence-corrected chi connectivity index (χ0v) is 21.3. The summed E-state index contributed by atoms with van der Waals surface area (Å²) < 4.78 is 2.56. The van der Waals surface area contributed by atoms with E-state index in [4.69, 9.17) is 4.98 Å². The average Bonchev–Trinajstić information content (AvgIpc) is 3.43. The van der Waals surface area contributed by atoms with Crippen LogP contribution in [0.1, 0.15) is 51.9 Å². The van der Waals surface area contributed by atoms with Crippen molar-refractivity contribution in [3.63, 3.8) is 0 Å². The standard InChI is InChI=1S/C30H31N3S/c1-7-25(31-19(6)17(2)3)21-10-8-20(9-11-21)22-12-13-23-24-14-15-26-28(29(24)34-27(23)16-22)33-30(32-26)18(4)5/h7-18,31H,6H2,1-5H3,(H,32,33)/b25-7-. The first kappa shape index (κ1) is 22.4. The van der Waals surface area contributed by atoms with E-state index in [-0.39, 0.29) is 0 Å². The van der Waals surface area contributed by atoms with Crippen LogP contribution in [0.25, 0.3) is 48.0 Å². The number of H-pyrrole nitrogens is 1. The highest BCUT2D eigenvalue weighted by atomic mass is 32.1. The quantitative estimate of drug-likeness (QED) is 0.263. The molecule has 172 valence electrons. The van der Waals surface area contributed by atoms with Crippen molar-refractivity contribution in [3.8, 4) is 11.1 Å². The molecule has 0 fully saturated rings. The molecule has 5 aromatic rings. The fourth-order valence-electron chi connectivity index (χ4n) is 4.25. The Hall–Kier alpha value is -3.37. The van der Waals surface area contributed by atoms with Crippen molar-refractivity contribution in [1.82, 2.24) is 15.3 Å². The molecule has 3 aromatic carbocycles. The molecule has 0 spiro atoms. The van der Waals surface area contributed by atoms with Gasteiger partial charge in [-0.15, -0.1) is 11.3 Å². The Balaban J connectivity index is 1.51. The molecule has 0 bridgehead atoms. The topological polar surface area (TPSA) is 40.7 Å². The molecule has 3 nitrogen and oxygen atoms in total. The number of benzene rings is 3. The summed E-state index contributed by atoms with van der Waals surface area (Å²) in [6.07, 6.45) is 2.10. The lowest BCUT2D eigenvalue weighted by molar-refractivity contribution is 0.724. The van der Waals surface area contributed by atoms with Gasteiger partial charge in [0, 0.05) is 32.8 Å². The van der Waals surface area contributed by atoms with Gasteiger partial charge in [0.25, 0.3) is 0 Å². The van der Waals surface area contributed by atoms with E-state index in [1.54, 1.807) is 0 Å². The number of rotatable bonds is 6. The summed E-state index contributed by atoms with van der Waals surface area (Å²) in [5, 5.41) is 6.04.